The lowest BCUT2D eigenvalue weighted by molar-refractivity contribution is -0.101. The standard InChI is InChI=1S/C40H40FN5O7/c1-49-37-17-27(4-9-36(37)53-24-31-23-51-14-15-52-31)28-16-32(39(42)44-18-28)26-2-6-30(7-3-26)45-40(48)34-22-46(20-25-10-12-50-13-11-25)21-33(38(34)47)35-8-5-29(41)19-43-35/h2-9,16-19,21-22,25,31H,10-15,20,23-24H2,1H3,(H2,42,44)(H,45,48)/t31-/m1/s1. The fourth-order valence-electron chi connectivity index (χ4n) is 6.42. The maximum absolute atomic E-state index is 13.7. The second kappa shape index (κ2) is 16.4. The maximum Gasteiger partial charge on any atom is 0.261 e. The van der Waals surface area contributed by atoms with Gasteiger partial charge in [-0.2, -0.15) is 0 Å². The van der Waals surface area contributed by atoms with Crippen molar-refractivity contribution in [3.63, 3.8) is 0 Å². The van der Waals surface area contributed by atoms with E-state index < -0.39 is 17.2 Å². The first-order chi connectivity index (χ1) is 25.8. The van der Waals surface area contributed by atoms with Crippen LogP contribution in [0.4, 0.5) is 15.9 Å². The van der Waals surface area contributed by atoms with Gasteiger partial charge < -0.3 is 39.3 Å². The largest absolute Gasteiger partial charge is 0.493 e. The molecule has 13 heteroatoms. The third-order valence-electron chi connectivity index (χ3n) is 9.32. The molecule has 0 spiro atoms. The predicted molar refractivity (Wildman–Crippen MR) is 198 cm³/mol. The van der Waals surface area contributed by atoms with Gasteiger partial charge in [-0.25, -0.2) is 9.37 Å². The molecule has 2 aromatic carbocycles. The third-order valence-corrected chi connectivity index (χ3v) is 9.32. The van der Waals surface area contributed by atoms with Gasteiger partial charge in [0.15, 0.2) is 11.5 Å². The monoisotopic (exact) mass is 721 g/mol. The van der Waals surface area contributed by atoms with E-state index in [-0.39, 0.29) is 22.9 Å². The van der Waals surface area contributed by atoms with Crippen molar-refractivity contribution in [3.8, 4) is 45.0 Å². The number of rotatable bonds is 11. The van der Waals surface area contributed by atoms with Crippen LogP contribution >= 0.6 is 0 Å². The number of benzene rings is 2. The maximum atomic E-state index is 13.7. The van der Waals surface area contributed by atoms with Crippen LogP contribution < -0.4 is 26.0 Å². The van der Waals surface area contributed by atoms with Crippen molar-refractivity contribution < 1.29 is 32.9 Å². The van der Waals surface area contributed by atoms with E-state index in [4.69, 9.17) is 29.4 Å². The number of methoxy groups -OCH3 is 1. The van der Waals surface area contributed by atoms with E-state index in [0.717, 1.165) is 35.7 Å². The molecule has 2 aliphatic heterocycles. The normalized spacial score (nSPS) is 16.2. The average Bonchev–Trinajstić information content (AvgIpc) is 3.19. The lowest BCUT2D eigenvalue weighted by Gasteiger charge is -2.23. The number of anilines is 2. The van der Waals surface area contributed by atoms with Gasteiger partial charge in [0.1, 0.15) is 29.9 Å². The summed E-state index contributed by atoms with van der Waals surface area (Å²) >= 11 is 0. The Balaban J connectivity index is 1.09. The highest BCUT2D eigenvalue weighted by Crippen LogP contribution is 2.35. The first kappa shape index (κ1) is 35.8. The molecule has 0 radical (unpaired) electrons. The first-order valence-corrected chi connectivity index (χ1v) is 17.5. The van der Waals surface area contributed by atoms with E-state index in [2.05, 4.69) is 15.3 Å². The van der Waals surface area contributed by atoms with Gasteiger partial charge in [0, 0.05) is 55.2 Å². The van der Waals surface area contributed by atoms with Crippen LogP contribution in [0.2, 0.25) is 0 Å². The molecule has 274 valence electrons. The van der Waals surface area contributed by atoms with Gasteiger partial charge in [-0.3, -0.25) is 14.6 Å². The Morgan fingerprint density at radius 2 is 1.72 bits per heavy atom. The van der Waals surface area contributed by atoms with Crippen molar-refractivity contribution in [1.82, 2.24) is 14.5 Å². The summed E-state index contributed by atoms with van der Waals surface area (Å²) in [6, 6.07) is 17.4. The average molecular weight is 722 g/mol. The molecule has 0 saturated carbocycles. The molecule has 2 saturated heterocycles. The zero-order chi connectivity index (χ0) is 36.7. The summed E-state index contributed by atoms with van der Waals surface area (Å²) in [5.74, 6) is 0.716. The molecule has 53 heavy (non-hydrogen) atoms. The summed E-state index contributed by atoms with van der Waals surface area (Å²) in [4.78, 5) is 35.8. The summed E-state index contributed by atoms with van der Waals surface area (Å²) in [5.41, 5.74) is 9.91. The van der Waals surface area contributed by atoms with Crippen molar-refractivity contribution in [2.75, 3.05) is 57.8 Å². The minimum Gasteiger partial charge on any atom is -0.493 e. The highest BCUT2D eigenvalue weighted by Gasteiger charge is 2.21. The lowest BCUT2D eigenvalue weighted by Crippen LogP contribution is -2.33. The number of nitrogens with two attached hydrogens (primary N) is 1. The molecule has 2 fully saturated rings. The number of aromatic nitrogens is 3. The van der Waals surface area contributed by atoms with Gasteiger partial charge in [0.2, 0.25) is 5.43 Å². The second-order valence-electron chi connectivity index (χ2n) is 13.0. The number of amides is 1. The quantitative estimate of drug-likeness (QED) is 0.170. The SMILES string of the molecule is COc1cc(-c2cnc(N)c(-c3ccc(NC(=O)c4cn(CC5CCOCC5)cc(-c5ccc(F)cn5)c4=O)cc3)c2)ccc1OC[C@H]1COCCO1. The smallest absolute Gasteiger partial charge is 0.261 e. The number of carbonyl (C=O) groups is 1. The van der Waals surface area contributed by atoms with Crippen LogP contribution in [0, 0.1) is 11.7 Å². The van der Waals surface area contributed by atoms with E-state index in [1.165, 1.54) is 12.1 Å². The molecule has 0 bridgehead atoms. The highest BCUT2D eigenvalue weighted by atomic mass is 19.1. The predicted octanol–water partition coefficient (Wildman–Crippen LogP) is 5.84. The van der Waals surface area contributed by atoms with E-state index in [9.17, 15) is 14.0 Å². The molecule has 0 aliphatic carbocycles. The molecule has 0 unspecified atom stereocenters. The topological polar surface area (TPSA) is 149 Å². The van der Waals surface area contributed by atoms with Crippen molar-refractivity contribution in [2.24, 2.45) is 5.92 Å². The number of hydrogen-bond acceptors (Lipinski definition) is 10. The van der Waals surface area contributed by atoms with E-state index in [1.807, 2.05) is 41.0 Å². The number of ether oxygens (including phenoxy) is 5. The van der Waals surface area contributed by atoms with Crippen LogP contribution in [0.5, 0.6) is 11.5 Å². The highest BCUT2D eigenvalue weighted by molar-refractivity contribution is 6.04. The number of nitrogen functional groups attached to an aromatic ring is 1. The molecular weight excluding hydrogens is 681 g/mol. The van der Waals surface area contributed by atoms with Gasteiger partial charge in [0.25, 0.3) is 5.91 Å². The molecule has 1 atom stereocenters. The molecule has 3 aromatic heterocycles. The summed E-state index contributed by atoms with van der Waals surface area (Å²) in [6.07, 6.45) is 7.59. The van der Waals surface area contributed by atoms with E-state index in [0.29, 0.717) is 80.7 Å². The van der Waals surface area contributed by atoms with Crippen molar-refractivity contribution in [2.45, 2.75) is 25.5 Å². The molecule has 2 aliphatic rings. The van der Waals surface area contributed by atoms with Gasteiger partial charge in [0.05, 0.1) is 44.4 Å². The Morgan fingerprint density at radius 3 is 2.45 bits per heavy atom. The van der Waals surface area contributed by atoms with E-state index >= 15 is 0 Å². The summed E-state index contributed by atoms with van der Waals surface area (Å²) in [7, 11) is 1.58. The molecule has 12 nitrogen and oxygen atoms in total. The Kier molecular flexibility index (Phi) is 11.0. The zero-order valence-corrected chi connectivity index (χ0v) is 29.3. The summed E-state index contributed by atoms with van der Waals surface area (Å²) < 4.78 is 43.7. The van der Waals surface area contributed by atoms with Gasteiger partial charge in [-0.15, -0.1) is 0 Å². The Morgan fingerprint density at radius 1 is 0.906 bits per heavy atom. The third kappa shape index (κ3) is 8.54. The first-order valence-electron chi connectivity index (χ1n) is 17.5. The number of pyridine rings is 3. The number of nitrogens with zero attached hydrogens (tertiary/aromatic N) is 3. The second-order valence-corrected chi connectivity index (χ2v) is 13.0. The van der Waals surface area contributed by atoms with Crippen LogP contribution in [-0.2, 0) is 20.8 Å². The molecule has 1 amide bonds. The molecule has 7 rings (SSSR count). The van der Waals surface area contributed by atoms with Crippen molar-refractivity contribution in [3.05, 3.63) is 107 Å². The van der Waals surface area contributed by atoms with Crippen molar-refractivity contribution >= 4 is 17.4 Å². The lowest BCUT2D eigenvalue weighted by atomic mass is 10.00. The van der Waals surface area contributed by atoms with Crippen LogP contribution in [0.15, 0.2) is 90.2 Å². The van der Waals surface area contributed by atoms with Crippen LogP contribution in [0.1, 0.15) is 23.2 Å². The Labute approximate surface area is 305 Å². The van der Waals surface area contributed by atoms with Crippen LogP contribution in [0.25, 0.3) is 33.5 Å². The number of hydrogen-bond donors (Lipinski definition) is 2. The minimum absolute atomic E-state index is 0.0471. The molecule has 5 aromatic rings. The van der Waals surface area contributed by atoms with Crippen molar-refractivity contribution in [1.29, 1.82) is 0 Å². The van der Waals surface area contributed by atoms with Gasteiger partial charge >= 0.3 is 0 Å². The van der Waals surface area contributed by atoms with E-state index in [1.54, 1.807) is 37.8 Å². The van der Waals surface area contributed by atoms with Gasteiger partial charge in [-0.1, -0.05) is 18.2 Å². The number of carbonyl (C=O) groups excluding carboxylic acids is 1. The van der Waals surface area contributed by atoms with Crippen LogP contribution in [-0.4, -0.2) is 73.3 Å². The minimum atomic E-state index is -0.573. The Bertz CT molecular complexity index is 2110. The zero-order valence-electron chi connectivity index (χ0n) is 29.3. The van der Waals surface area contributed by atoms with Gasteiger partial charge in [-0.05, 0) is 72.4 Å². The summed E-state index contributed by atoms with van der Waals surface area (Å²) in [6.45, 7) is 3.87. The number of halogens is 1. The fourth-order valence-corrected chi connectivity index (χ4v) is 6.42. The summed E-state index contributed by atoms with van der Waals surface area (Å²) in [5, 5.41) is 2.86. The Hall–Kier alpha value is -5.63. The number of nitrogens with one attached hydrogen (secondary N) is 1. The fraction of sp³-hybridized carbons (Fsp3) is 0.300. The molecular formula is C40H40FN5O7. The molecule has 3 N–H and O–H groups in total. The molecule has 5 heterocycles. The van der Waals surface area contributed by atoms with Crippen LogP contribution in [0.3, 0.4) is 0 Å².